The van der Waals surface area contributed by atoms with Crippen LogP contribution in [0.1, 0.15) is 83.4 Å². The predicted molar refractivity (Wildman–Crippen MR) is 112 cm³/mol. The largest absolute Gasteiger partial charge is 0.444 e. The fourth-order valence-corrected chi connectivity index (χ4v) is 5.55. The van der Waals surface area contributed by atoms with Gasteiger partial charge < -0.3 is 9.64 Å². The number of nitrogens with zero attached hydrogens (tertiary/aromatic N) is 2. The molecule has 3 fully saturated rings. The molecule has 154 valence electrons. The van der Waals surface area contributed by atoms with Crippen molar-refractivity contribution < 1.29 is 9.53 Å². The van der Waals surface area contributed by atoms with Crippen LogP contribution < -0.4 is 0 Å². The first-order chi connectivity index (χ1) is 13.2. The third-order valence-electron chi connectivity index (χ3n) is 6.78. The molecule has 0 unspecified atom stereocenters. The summed E-state index contributed by atoms with van der Waals surface area (Å²) in [5.41, 5.74) is 2.99. The highest BCUT2D eigenvalue weighted by Crippen LogP contribution is 2.53. The van der Waals surface area contributed by atoms with Crippen molar-refractivity contribution in [2.75, 3.05) is 19.6 Å². The maximum absolute atomic E-state index is 12.2. The van der Waals surface area contributed by atoms with Crippen LogP contribution in [0.15, 0.2) is 24.3 Å². The Hall–Kier alpha value is -1.55. The minimum atomic E-state index is -0.408. The maximum Gasteiger partial charge on any atom is 0.410 e. The molecule has 0 aromatic heterocycles. The Morgan fingerprint density at radius 1 is 1.18 bits per heavy atom. The Labute approximate surface area is 170 Å². The Bertz CT molecular complexity index is 722. The third kappa shape index (κ3) is 3.68. The lowest BCUT2D eigenvalue weighted by Crippen LogP contribution is -2.67. The summed E-state index contributed by atoms with van der Waals surface area (Å²) in [6, 6.07) is 10.3. The van der Waals surface area contributed by atoms with E-state index in [9.17, 15) is 4.79 Å². The first-order valence-electron chi connectivity index (χ1n) is 11.0. The van der Waals surface area contributed by atoms with Crippen molar-refractivity contribution in [1.29, 1.82) is 0 Å². The van der Waals surface area contributed by atoms with Gasteiger partial charge in [-0.1, -0.05) is 38.1 Å². The van der Waals surface area contributed by atoms with Gasteiger partial charge in [-0.2, -0.15) is 0 Å². The van der Waals surface area contributed by atoms with Crippen molar-refractivity contribution in [3.63, 3.8) is 0 Å². The van der Waals surface area contributed by atoms with Gasteiger partial charge in [0, 0.05) is 30.6 Å². The molecular formula is C24H36N2O2. The molecule has 4 nitrogen and oxygen atoms in total. The smallest absolute Gasteiger partial charge is 0.410 e. The van der Waals surface area contributed by atoms with Crippen molar-refractivity contribution in [1.82, 2.24) is 9.80 Å². The molecule has 3 aliphatic rings. The van der Waals surface area contributed by atoms with Crippen molar-refractivity contribution in [3.05, 3.63) is 35.4 Å². The van der Waals surface area contributed by atoms with Crippen LogP contribution in [-0.2, 0) is 4.74 Å². The van der Waals surface area contributed by atoms with Crippen LogP contribution in [0.25, 0.3) is 0 Å². The maximum atomic E-state index is 12.2. The summed E-state index contributed by atoms with van der Waals surface area (Å²) < 4.78 is 5.52. The fourth-order valence-electron chi connectivity index (χ4n) is 5.55. The summed E-state index contributed by atoms with van der Waals surface area (Å²) in [7, 11) is 0. The molecule has 2 aliphatic heterocycles. The summed E-state index contributed by atoms with van der Waals surface area (Å²) in [5.74, 6) is 0.570. The molecule has 28 heavy (non-hydrogen) atoms. The number of carbonyl (C=O) groups is 1. The van der Waals surface area contributed by atoms with Gasteiger partial charge in [-0.3, -0.25) is 4.90 Å². The third-order valence-corrected chi connectivity index (χ3v) is 6.78. The molecule has 1 aromatic carbocycles. The number of rotatable bonds is 3. The zero-order valence-electron chi connectivity index (χ0n) is 18.2. The number of benzene rings is 1. The van der Waals surface area contributed by atoms with E-state index >= 15 is 0 Å². The molecule has 1 atom stereocenters. The number of ether oxygens (including phenoxy) is 1. The highest BCUT2D eigenvalue weighted by molar-refractivity contribution is 5.69. The molecule has 2 saturated heterocycles. The minimum absolute atomic E-state index is 0.147. The van der Waals surface area contributed by atoms with Gasteiger partial charge in [0.1, 0.15) is 5.60 Å². The topological polar surface area (TPSA) is 32.8 Å². The quantitative estimate of drug-likeness (QED) is 0.704. The molecule has 1 aromatic rings. The fraction of sp³-hybridized carbons (Fsp3) is 0.708. The van der Waals surface area contributed by atoms with Crippen molar-refractivity contribution in [2.45, 2.75) is 83.9 Å². The highest BCUT2D eigenvalue weighted by Gasteiger charge is 2.56. The second kappa shape index (κ2) is 7.05. The van der Waals surface area contributed by atoms with E-state index in [1.165, 1.54) is 37.8 Å². The highest BCUT2D eigenvalue weighted by atomic mass is 16.6. The molecule has 0 N–H and O–H groups in total. The molecule has 1 aliphatic carbocycles. The van der Waals surface area contributed by atoms with E-state index in [1.54, 1.807) is 5.56 Å². The number of carbonyl (C=O) groups excluding carboxylic acids is 1. The van der Waals surface area contributed by atoms with Gasteiger partial charge >= 0.3 is 6.09 Å². The van der Waals surface area contributed by atoms with Gasteiger partial charge in [-0.15, -0.1) is 0 Å². The van der Waals surface area contributed by atoms with E-state index in [2.05, 4.69) is 43.0 Å². The summed E-state index contributed by atoms with van der Waals surface area (Å²) in [5, 5.41) is 0. The molecule has 0 bridgehead atoms. The Kier molecular flexibility index (Phi) is 4.97. The van der Waals surface area contributed by atoms with Gasteiger partial charge in [0.05, 0.1) is 0 Å². The second-order valence-electron chi connectivity index (χ2n) is 10.6. The average Bonchev–Trinajstić information content (AvgIpc) is 2.99. The van der Waals surface area contributed by atoms with E-state index in [-0.39, 0.29) is 6.09 Å². The van der Waals surface area contributed by atoms with E-state index in [0.29, 0.717) is 23.4 Å². The van der Waals surface area contributed by atoms with E-state index < -0.39 is 5.60 Å². The molecule has 4 heteroatoms. The van der Waals surface area contributed by atoms with Gasteiger partial charge in [0.15, 0.2) is 0 Å². The van der Waals surface area contributed by atoms with Crippen LogP contribution >= 0.6 is 0 Å². The van der Waals surface area contributed by atoms with Crippen LogP contribution in [0.2, 0.25) is 0 Å². The summed E-state index contributed by atoms with van der Waals surface area (Å²) in [4.78, 5) is 16.9. The summed E-state index contributed by atoms with van der Waals surface area (Å²) in [6.07, 6.45) is 4.88. The number of hydrogen-bond donors (Lipinski definition) is 0. The lowest BCUT2D eigenvalue weighted by Gasteiger charge is -2.61. The zero-order valence-corrected chi connectivity index (χ0v) is 18.2. The molecule has 1 saturated carbocycles. The van der Waals surface area contributed by atoms with E-state index in [4.69, 9.17) is 4.74 Å². The molecule has 2 heterocycles. The number of amides is 1. The van der Waals surface area contributed by atoms with Crippen LogP contribution in [0.5, 0.6) is 0 Å². The second-order valence-corrected chi connectivity index (χ2v) is 10.6. The summed E-state index contributed by atoms with van der Waals surface area (Å²) >= 11 is 0. The van der Waals surface area contributed by atoms with Crippen LogP contribution in [-0.4, -0.2) is 47.2 Å². The monoisotopic (exact) mass is 384 g/mol. The summed E-state index contributed by atoms with van der Waals surface area (Å²) in [6.45, 7) is 13.4. The molecule has 4 rings (SSSR count). The van der Waals surface area contributed by atoms with Crippen LogP contribution in [0.3, 0.4) is 0 Å². The van der Waals surface area contributed by atoms with Crippen LogP contribution in [0.4, 0.5) is 4.79 Å². The predicted octanol–water partition coefficient (Wildman–Crippen LogP) is 5.35. The zero-order chi connectivity index (χ0) is 20.1. The molecule has 1 amide bonds. The van der Waals surface area contributed by atoms with Gasteiger partial charge in [0.2, 0.25) is 0 Å². The van der Waals surface area contributed by atoms with Crippen molar-refractivity contribution in [2.24, 2.45) is 5.41 Å². The first-order valence-corrected chi connectivity index (χ1v) is 11.0. The SMILES string of the molecule is CC(C)c1ccccc1[C@@H]1CCCN1C1CC2(C1)CN(C(=O)OC(C)(C)C)C2. The Morgan fingerprint density at radius 3 is 2.50 bits per heavy atom. The van der Waals surface area contributed by atoms with Crippen molar-refractivity contribution >= 4 is 6.09 Å². The average molecular weight is 385 g/mol. The molecule has 1 spiro atoms. The number of hydrogen-bond acceptors (Lipinski definition) is 3. The lowest BCUT2D eigenvalue weighted by atomic mass is 9.60. The normalized spacial score (nSPS) is 25.1. The van der Waals surface area contributed by atoms with Crippen molar-refractivity contribution in [3.8, 4) is 0 Å². The van der Waals surface area contributed by atoms with Gasteiger partial charge in [0.25, 0.3) is 0 Å². The van der Waals surface area contributed by atoms with E-state index in [1.807, 2.05) is 25.7 Å². The number of likely N-dealkylation sites (tertiary alicyclic amines) is 2. The first kappa shape index (κ1) is 19.8. The molecule has 0 radical (unpaired) electrons. The van der Waals surface area contributed by atoms with Gasteiger partial charge in [-0.05, 0) is 70.0 Å². The van der Waals surface area contributed by atoms with E-state index in [0.717, 1.165) is 13.1 Å². The molecular weight excluding hydrogens is 348 g/mol. The lowest BCUT2D eigenvalue weighted by molar-refractivity contribution is -0.110. The van der Waals surface area contributed by atoms with Gasteiger partial charge in [-0.25, -0.2) is 4.79 Å². The standard InChI is InChI=1S/C24H36N2O2/c1-17(2)19-9-6-7-10-20(19)21-11-8-12-26(21)18-13-24(14-18)15-25(16-24)22(27)28-23(3,4)5/h6-7,9-10,17-18,21H,8,11-16H2,1-5H3/t21-/m0/s1. The van der Waals surface area contributed by atoms with Crippen LogP contribution in [0, 0.1) is 5.41 Å². The Morgan fingerprint density at radius 2 is 1.86 bits per heavy atom. The minimum Gasteiger partial charge on any atom is -0.444 e. The Balaban J connectivity index is 1.36.